The highest BCUT2D eigenvalue weighted by Gasteiger charge is 2.17. The zero-order valence-corrected chi connectivity index (χ0v) is 10.1. The Hall–Kier alpha value is -2.63. The Morgan fingerprint density at radius 3 is 2.79 bits per heavy atom. The van der Waals surface area contributed by atoms with Crippen LogP contribution in [-0.2, 0) is 4.74 Å². The van der Waals surface area contributed by atoms with E-state index < -0.39 is 17.0 Å². The lowest BCUT2D eigenvalue weighted by Gasteiger charge is -2.12. The van der Waals surface area contributed by atoms with Crippen LogP contribution in [0.25, 0.3) is 0 Å². The molecule has 0 saturated carbocycles. The quantitative estimate of drug-likeness (QED) is 0.479. The lowest BCUT2D eigenvalue weighted by atomic mass is 10.1. The number of furan rings is 1. The molecule has 1 unspecified atom stereocenters. The molecular weight excluding hydrogens is 250 g/mol. The Morgan fingerprint density at radius 1 is 1.37 bits per heavy atom. The minimum absolute atomic E-state index is 0.0432. The number of carbonyl (C=O) groups excluding carboxylic acids is 1. The van der Waals surface area contributed by atoms with Crippen molar-refractivity contribution in [1.29, 1.82) is 0 Å². The summed E-state index contributed by atoms with van der Waals surface area (Å²) in [6.45, 7) is 1.64. The van der Waals surface area contributed by atoms with Crippen LogP contribution in [-0.4, -0.2) is 10.9 Å². The highest BCUT2D eigenvalue weighted by atomic mass is 16.6. The van der Waals surface area contributed by atoms with Crippen molar-refractivity contribution >= 4 is 11.7 Å². The molecule has 1 aromatic carbocycles. The van der Waals surface area contributed by atoms with Crippen LogP contribution in [0.15, 0.2) is 47.1 Å². The van der Waals surface area contributed by atoms with E-state index in [0.29, 0.717) is 5.56 Å². The molecule has 1 heterocycles. The number of carbonyl (C=O) groups is 1. The van der Waals surface area contributed by atoms with Gasteiger partial charge in [-0.1, -0.05) is 12.1 Å². The largest absolute Gasteiger partial charge is 0.457 e. The number of benzene rings is 1. The van der Waals surface area contributed by atoms with E-state index in [4.69, 9.17) is 9.15 Å². The van der Waals surface area contributed by atoms with Gasteiger partial charge in [0, 0.05) is 12.1 Å². The third-order valence-corrected chi connectivity index (χ3v) is 2.56. The van der Waals surface area contributed by atoms with E-state index in [1.165, 1.54) is 24.5 Å². The van der Waals surface area contributed by atoms with Crippen molar-refractivity contribution in [3.63, 3.8) is 0 Å². The summed E-state index contributed by atoms with van der Waals surface area (Å²) >= 11 is 0. The van der Waals surface area contributed by atoms with Gasteiger partial charge >= 0.3 is 5.97 Å². The first-order valence-electron chi connectivity index (χ1n) is 5.57. The van der Waals surface area contributed by atoms with Crippen molar-refractivity contribution in [3.05, 3.63) is 64.1 Å². The van der Waals surface area contributed by atoms with Crippen LogP contribution in [0.4, 0.5) is 5.69 Å². The molecule has 2 aromatic rings. The number of rotatable bonds is 4. The van der Waals surface area contributed by atoms with Crippen LogP contribution < -0.4 is 0 Å². The van der Waals surface area contributed by atoms with Crippen LogP contribution in [0.2, 0.25) is 0 Å². The maximum Gasteiger partial charge on any atom is 0.374 e. The monoisotopic (exact) mass is 261 g/mol. The Morgan fingerprint density at radius 2 is 2.16 bits per heavy atom. The fourth-order valence-electron chi connectivity index (χ4n) is 1.57. The van der Waals surface area contributed by atoms with Crippen molar-refractivity contribution in [3.8, 4) is 0 Å². The summed E-state index contributed by atoms with van der Waals surface area (Å²) in [6, 6.07) is 9.03. The van der Waals surface area contributed by atoms with Gasteiger partial charge in [0.25, 0.3) is 5.69 Å². The summed E-state index contributed by atoms with van der Waals surface area (Å²) in [5.74, 6) is -0.513. The third-order valence-electron chi connectivity index (χ3n) is 2.56. The van der Waals surface area contributed by atoms with Gasteiger partial charge in [-0.05, 0) is 24.6 Å². The maximum absolute atomic E-state index is 11.7. The molecule has 6 nitrogen and oxygen atoms in total. The van der Waals surface area contributed by atoms with Crippen LogP contribution in [0, 0.1) is 10.1 Å². The predicted octanol–water partition coefficient (Wildman–Crippen LogP) is 3.11. The predicted molar refractivity (Wildman–Crippen MR) is 65.6 cm³/mol. The van der Waals surface area contributed by atoms with Crippen LogP contribution >= 0.6 is 0 Å². The summed E-state index contributed by atoms with van der Waals surface area (Å²) in [5.41, 5.74) is 0.507. The van der Waals surface area contributed by atoms with Gasteiger partial charge in [-0.25, -0.2) is 4.79 Å². The molecule has 0 aliphatic carbocycles. The molecule has 2 rings (SSSR count). The van der Waals surface area contributed by atoms with E-state index >= 15 is 0 Å². The Bertz CT molecular complexity index is 591. The second kappa shape index (κ2) is 5.34. The van der Waals surface area contributed by atoms with Crippen molar-refractivity contribution in [2.24, 2.45) is 0 Å². The van der Waals surface area contributed by atoms with E-state index in [1.54, 1.807) is 25.1 Å². The third kappa shape index (κ3) is 2.98. The summed E-state index contributed by atoms with van der Waals surface area (Å²) in [5, 5.41) is 10.7. The molecule has 0 aliphatic rings. The summed E-state index contributed by atoms with van der Waals surface area (Å²) in [7, 11) is 0. The normalized spacial score (nSPS) is 11.8. The topological polar surface area (TPSA) is 82.6 Å². The van der Waals surface area contributed by atoms with Gasteiger partial charge < -0.3 is 9.15 Å². The van der Waals surface area contributed by atoms with Gasteiger partial charge in [0.05, 0.1) is 11.2 Å². The van der Waals surface area contributed by atoms with Gasteiger partial charge in [-0.15, -0.1) is 0 Å². The minimum Gasteiger partial charge on any atom is -0.457 e. The molecule has 0 spiro atoms. The molecule has 0 radical (unpaired) electrons. The number of esters is 1. The molecule has 1 atom stereocenters. The summed E-state index contributed by atoms with van der Waals surface area (Å²) in [4.78, 5) is 21.8. The number of ether oxygens (including phenoxy) is 1. The lowest BCUT2D eigenvalue weighted by molar-refractivity contribution is -0.385. The molecule has 98 valence electrons. The minimum atomic E-state index is -0.607. The van der Waals surface area contributed by atoms with E-state index in [-0.39, 0.29) is 11.4 Å². The van der Waals surface area contributed by atoms with Gasteiger partial charge in [0.2, 0.25) is 5.76 Å². The van der Waals surface area contributed by atoms with Crippen LogP contribution in [0.5, 0.6) is 0 Å². The second-order valence-electron chi connectivity index (χ2n) is 3.88. The number of nitro groups is 1. The lowest BCUT2D eigenvalue weighted by Crippen LogP contribution is -2.08. The standard InChI is InChI=1S/C13H11NO5/c1-9(19-13(15)12-6-3-7-18-12)10-4-2-5-11(8-10)14(16)17/h2-9H,1H3. The van der Waals surface area contributed by atoms with E-state index in [9.17, 15) is 14.9 Å². The van der Waals surface area contributed by atoms with Gasteiger partial charge in [0.15, 0.2) is 0 Å². The zero-order valence-electron chi connectivity index (χ0n) is 10.1. The summed E-state index contributed by atoms with van der Waals surface area (Å²) < 4.78 is 10.1. The zero-order chi connectivity index (χ0) is 13.8. The molecule has 0 N–H and O–H groups in total. The molecular formula is C13H11NO5. The number of nitrogens with zero attached hydrogens (tertiary/aromatic N) is 1. The molecule has 0 bridgehead atoms. The first-order valence-corrected chi connectivity index (χ1v) is 5.57. The molecule has 0 fully saturated rings. The first kappa shape index (κ1) is 12.8. The van der Waals surface area contributed by atoms with Crippen molar-refractivity contribution < 1.29 is 18.9 Å². The van der Waals surface area contributed by atoms with E-state index in [0.717, 1.165) is 0 Å². The second-order valence-corrected chi connectivity index (χ2v) is 3.88. The van der Waals surface area contributed by atoms with Crippen molar-refractivity contribution in [2.75, 3.05) is 0 Å². The van der Waals surface area contributed by atoms with Crippen molar-refractivity contribution in [2.45, 2.75) is 13.0 Å². The molecule has 0 amide bonds. The van der Waals surface area contributed by atoms with Gasteiger partial charge in [-0.3, -0.25) is 10.1 Å². The number of hydrogen-bond donors (Lipinski definition) is 0. The average molecular weight is 261 g/mol. The Labute approximate surface area is 108 Å². The fraction of sp³-hybridized carbons (Fsp3) is 0.154. The number of non-ortho nitro benzene ring substituents is 1. The average Bonchev–Trinajstić information content (AvgIpc) is 2.92. The van der Waals surface area contributed by atoms with Crippen LogP contribution in [0.3, 0.4) is 0 Å². The van der Waals surface area contributed by atoms with E-state index in [2.05, 4.69) is 0 Å². The number of hydrogen-bond acceptors (Lipinski definition) is 5. The maximum atomic E-state index is 11.7. The molecule has 0 aliphatic heterocycles. The highest BCUT2D eigenvalue weighted by Crippen LogP contribution is 2.22. The van der Waals surface area contributed by atoms with Crippen LogP contribution in [0.1, 0.15) is 29.1 Å². The molecule has 0 saturated heterocycles. The molecule has 6 heteroatoms. The van der Waals surface area contributed by atoms with Gasteiger partial charge in [0.1, 0.15) is 6.10 Å². The fourth-order valence-corrected chi connectivity index (χ4v) is 1.57. The van der Waals surface area contributed by atoms with Crippen molar-refractivity contribution in [1.82, 2.24) is 0 Å². The van der Waals surface area contributed by atoms with Gasteiger partial charge in [-0.2, -0.15) is 0 Å². The van der Waals surface area contributed by atoms with E-state index in [1.807, 2.05) is 0 Å². The first-order chi connectivity index (χ1) is 9.08. The highest BCUT2D eigenvalue weighted by molar-refractivity contribution is 5.86. The SMILES string of the molecule is CC(OC(=O)c1ccco1)c1cccc([N+](=O)[O-])c1. The Balaban J connectivity index is 2.11. The Kier molecular flexibility index (Phi) is 3.61. The molecule has 19 heavy (non-hydrogen) atoms. The summed E-state index contributed by atoms with van der Waals surface area (Å²) in [6.07, 6.45) is 0.770. The smallest absolute Gasteiger partial charge is 0.374 e. The number of nitro benzene ring substituents is 1. The molecule has 1 aromatic heterocycles.